The molecule has 2 heterocycles. The molecule has 1 N–H and O–H groups in total. The van der Waals surface area contributed by atoms with Crippen molar-refractivity contribution in [2.45, 2.75) is 110 Å². The first-order chi connectivity index (χ1) is 15.1. The second-order valence-corrected chi connectivity index (χ2v) is 12.4. The van der Waals surface area contributed by atoms with E-state index in [0.717, 1.165) is 42.6 Å². The fourth-order valence-corrected chi connectivity index (χ4v) is 4.98. The first kappa shape index (κ1) is 25.7. The van der Waals surface area contributed by atoms with Crippen molar-refractivity contribution in [3.8, 4) is 0 Å². The molecule has 1 aromatic heterocycles. The summed E-state index contributed by atoms with van der Waals surface area (Å²) in [4.78, 5) is 17.6. The number of hydrogen-bond donors (Lipinski definition) is 1. The van der Waals surface area contributed by atoms with Gasteiger partial charge in [0.25, 0.3) is 0 Å². The van der Waals surface area contributed by atoms with E-state index in [1.807, 2.05) is 53.7 Å². The highest BCUT2D eigenvalue weighted by Crippen LogP contribution is 2.45. The van der Waals surface area contributed by atoms with Gasteiger partial charge in [0.2, 0.25) is 0 Å². The average molecular weight is 461 g/mol. The molecular weight excluding hydrogens is 419 g/mol. The number of allylic oxidation sites excluding steroid dienone is 2. The Labute approximate surface area is 198 Å². The number of rotatable bonds is 4. The zero-order valence-corrected chi connectivity index (χ0v) is 21.6. The van der Waals surface area contributed by atoms with Crippen molar-refractivity contribution in [3.63, 3.8) is 0 Å². The van der Waals surface area contributed by atoms with Gasteiger partial charge in [0.05, 0.1) is 22.6 Å². The maximum absolute atomic E-state index is 13.9. The second-order valence-electron chi connectivity index (χ2n) is 12.4. The van der Waals surface area contributed by atoms with Gasteiger partial charge in [-0.05, 0) is 96.8 Å². The van der Waals surface area contributed by atoms with E-state index in [-0.39, 0.29) is 11.3 Å². The zero-order valence-electron chi connectivity index (χ0n) is 21.6. The Morgan fingerprint density at radius 1 is 1.21 bits per heavy atom. The van der Waals surface area contributed by atoms with Crippen molar-refractivity contribution in [1.82, 2.24) is 4.98 Å². The predicted octanol–water partition coefficient (Wildman–Crippen LogP) is 7.42. The Bertz CT molecular complexity index is 916. The van der Waals surface area contributed by atoms with Gasteiger partial charge < -0.3 is 9.47 Å². The van der Waals surface area contributed by atoms with E-state index in [0.29, 0.717) is 12.1 Å². The Balaban J connectivity index is 1.97. The van der Waals surface area contributed by atoms with Gasteiger partial charge >= 0.3 is 6.09 Å². The van der Waals surface area contributed by atoms with Gasteiger partial charge in [-0.3, -0.25) is 10.3 Å². The number of carbonyl (C=O) groups excluding carboxylic acids is 1. The molecule has 0 radical (unpaired) electrons. The van der Waals surface area contributed by atoms with E-state index in [9.17, 15) is 9.18 Å². The number of amides is 1. The van der Waals surface area contributed by atoms with Gasteiger partial charge in [0.1, 0.15) is 12.3 Å². The molecule has 0 aromatic carbocycles. The molecule has 1 aromatic rings. The summed E-state index contributed by atoms with van der Waals surface area (Å²) in [6, 6.07) is 3.87. The van der Waals surface area contributed by atoms with Crippen LogP contribution in [0.1, 0.15) is 105 Å². The molecule has 0 bridgehead atoms. The first-order valence-corrected chi connectivity index (χ1v) is 12.1. The molecule has 5 nitrogen and oxygen atoms in total. The summed E-state index contributed by atoms with van der Waals surface area (Å²) in [5.74, 6) is 0.0736. The lowest BCUT2D eigenvalue weighted by Crippen LogP contribution is -2.47. The van der Waals surface area contributed by atoms with Crippen LogP contribution in [0.3, 0.4) is 0 Å². The van der Waals surface area contributed by atoms with Crippen molar-refractivity contribution in [2.75, 3.05) is 12.0 Å². The quantitative estimate of drug-likeness (QED) is 0.508. The van der Waals surface area contributed by atoms with Crippen molar-refractivity contribution in [2.24, 2.45) is 5.41 Å². The molecule has 1 aliphatic heterocycles. The van der Waals surface area contributed by atoms with Crippen molar-refractivity contribution >= 4 is 17.4 Å². The number of ether oxygens (including phenoxy) is 2. The predicted molar refractivity (Wildman–Crippen MR) is 131 cm³/mol. The number of carbonyl (C=O) groups is 1. The summed E-state index contributed by atoms with van der Waals surface area (Å²) >= 11 is 0. The average Bonchev–Trinajstić information content (AvgIpc) is 2.65. The van der Waals surface area contributed by atoms with Gasteiger partial charge in [0, 0.05) is 11.6 Å². The molecule has 1 fully saturated rings. The zero-order chi connectivity index (χ0) is 24.7. The SMILES string of the molecule is CC1(C)CC=C(c2nc(C3CC(C)(C)OC(C)(CF)C3)ccc2NC(=O)OC(C)(C)C)CC1. The van der Waals surface area contributed by atoms with Gasteiger partial charge in [-0.15, -0.1) is 0 Å². The lowest BCUT2D eigenvalue weighted by molar-refractivity contribution is -0.178. The Kier molecular flexibility index (Phi) is 7.01. The van der Waals surface area contributed by atoms with Gasteiger partial charge in [-0.2, -0.15) is 0 Å². The van der Waals surface area contributed by atoms with Crippen LogP contribution in [0.4, 0.5) is 14.9 Å². The molecule has 33 heavy (non-hydrogen) atoms. The third-order valence-electron chi connectivity index (χ3n) is 6.47. The molecule has 2 aliphatic rings. The van der Waals surface area contributed by atoms with E-state index in [1.165, 1.54) is 0 Å². The molecule has 1 aliphatic carbocycles. The summed E-state index contributed by atoms with van der Waals surface area (Å²) in [5.41, 5.74) is 1.91. The summed E-state index contributed by atoms with van der Waals surface area (Å²) in [6.07, 6.45) is 6.01. The normalized spacial score (nSPS) is 26.9. The van der Waals surface area contributed by atoms with Crippen molar-refractivity contribution in [3.05, 3.63) is 29.6 Å². The van der Waals surface area contributed by atoms with Crippen LogP contribution in [0.25, 0.3) is 5.57 Å². The maximum Gasteiger partial charge on any atom is 0.412 e. The minimum absolute atomic E-state index is 0.0736. The van der Waals surface area contributed by atoms with Crippen LogP contribution in [0.2, 0.25) is 0 Å². The van der Waals surface area contributed by atoms with Crippen LogP contribution >= 0.6 is 0 Å². The number of alkyl halides is 1. The Morgan fingerprint density at radius 2 is 1.91 bits per heavy atom. The summed E-state index contributed by atoms with van der Waals surface area (Å²) in [6.45, 7) is 15.4. The van der Waals surface area contributed by atoms with Crippen molar-refractivity contribution in [1.29, 1.82) is 0 Å². The number of anilines is 1. The smallest absolute Gasteiger partial charge is 0.412 e. The van der Waals surface area contributed by atoms with Gasteiger partial charge in [-0.1, -0.05) is 19.9 Å². The largest absolute Gasteiger partial charge is 0.444 e. The van der Waals surface area contributed by atoms with Crippen LogP contribution in [0, 0.1) is 5.41 Å². The van der Waals surface area contributed by atoms with E-state index < -0.39 is 29.6 Å². The topological polar surface area (TPSA) is 60.5 Å². The van der Waals surface area contributed by atoms with Crippen LogP contribution in [0.5, 0.6) is 0 Å². The number of halogens is 1. The maximum atomic E-state index is 13.9. The lowest BCUT2D eigenvalue weighted by atomic mass is 9.77. The standard InChI is InChI=1S/C27H41FN2O3/c1-24(2,3)32-23(31)30-21-10-9-20(19-15-26(6,7)33-27(8,16-19)17-28)29-22(21)18-11-13-25(4,5)14-12-18/h9-11,19H,12-17H2,1-8H3,(H,30,31). The fourth-order valence-electron chi connectivity index (χ4n) is 4.98. The minimum Gasteiger partial charge on any atom is -0.444 e. The highest BCUT2D eigenvalue weighted by molar-refractivity contribution is 5.89. The first-order valence-electron chi connectivity index (χ1n) is 12.1. The number of nitrogens with zero attached hydrogens (tertiary/aromatic N) is 1. The monoisotopic (exact) mass is 460 g/mol. The molecule has 0 spiro atoms. The molecule has 3 rings (SSSR count). The van der Waals surface area contributed by atoms with Crippen LogP contribution in [-0.2, 0) is 9.47 Å². The van der Waals surface area contributed by atoms with E-state index in [4.69, 9.17) is 14.5 Å². The molecule has 0 saturated carbocycles. The fraction of sp³-hybridized carbons (Fsp3) is 0.704. The number of pyridine rings is 1. The molecule has 6 heteroatoms. The summed E-state index contributed by atoms with van der Waals surface area (Å²) in [7, 11) is 0. The molecular formula is C27H41FN2O3. The molecule has 2 atom stereocenters. The number of hydrogen-bond acceptors (Lipinski definition) is 4. The molecule has 1 amide bonds. The van der Waals surface area contributed by atoms with Gasteiger partial charge in [0.15, 0.2) is 0 Å². The molecule has 2 unspecified atom stereocenters. The van der Waals surface area contributed by atoms with E-state index >= 15 is 0 Å². The molecule has 1 saturated heterocycles. The van der Waals surface area contributed by atoms with E-state index in [2.05, 4.69) is 25.2 Å². The number of aromatic nitrogens is 1. The Hall–Kier alpha value is -1.95. The third kappa shape index (κ3) is 6.78. The third-order valence-corrected chi connectivity index (χ3v) is 6.47. The number of nitrogens with one attached hydrogen (secondary N) is 1. The van der Waals surface area contributed by atoms with Crippen molar-refractivity contribution < 1.29 is 18.7 Å². The van der Waals surface area contributed by atoms with Crippen LogP contribution in [0.15, 0.2) is 18.2 Å². The lowest BCUT2D eigenvalue weighted by Gasteiger charge is -2.45. The summed E-state index contributed by atoms with van der Waals surface area (Å²) in [5, 5.41) is 2.91. The highest BCUT2D eigenvalue weighted by Gasteiger charge is 2.43. The highest BCUT2D eigenvalue weighted by atomic mass is 19.1. The van der Waals surface area contributed by atoms with Gasteiger partial charge in [-0.25, -0.2) is 9.18 Å². The summed E-state index contributed by atoms with van der Waals surface area (Å²) < 4.78 is 25.4. The van der Waals surface area contributed by atoms with Crippen LogP contribution in [-0.4, -0.2) is 34.6 Å². The Morgan fingerprint density at radius 3 is 2.48 bits per heavy atom. The second kappa shape index (κ2) is 9.01. The van der Waals surface area contributed by atoms with Crippen LogP contribution < -0.4 is 5.32 Å². The molecule has 184 valence electrons. The van der Waals surface area contributed by atoms with E-state index in [1.54, 1.807) is 0 Å². The minimum atomic E-state index is -0.824.